The van der Waals surface area contributed by atoms with Crippen molar-refractivity contribution in [1.82, 2.24) is 15.5 Å². The number of rotatable bonds is 8. The van der Waals surface area contributed by atoms with Gasteiger partial charge in [0.2, 0.25) is 5.89 Å². The summed E-state index contributed by atoms with van der Waals surface area (Å²) in [4.78, 5) is 2.22. The Morgan fingerprint density at radius 1 is 1.39 bits per heavy atom. The Morgan fingerprint density at radius 2 is 2.17 bits per heavy atom. The van der Waals surface area contributed by atoms with Crippen molar-refractivity contribution < 1.29 is 4.42 Å². The van der Waals surface area contributed by atoms with Gasteiger partial charge in [0.15, 0.2) is 0 Å². The van der Waals surface area contributed by atoms with Gasteiger partial charge in [0.25, 0.3) is 0 Å². The third kappa shape index (κ3) is 3.70. The molecule has 0 radical (unpaired) electrons. The highest BCUT2D eigenvalue weighted by atomic mass is 16.4. The zero-order valence-corrected chi connectivity index (χ0v) is 11.6. The lowest BCUT2D eigenvalue weighted by atomic mass is 10.3. The molecule has 0 saturated heterocycles. The molecule has 1 aliphatic carbocycles. The largest absolute Gasteiger partial charge is 0.407 e. The minimum atomic E-state index is 0.405. The molecule has 0 atom stereocenters. The minimum Gasteiger partial charge on any atom is -0.407 e. The molecule has 1 aromatic rings. The van der Waals surface area contributed by atoms with Crippen molar-refractivity contribution in [3.63, 3.8) is 0 Å². The Labute approximate surface area is 109 Å². The summed E-state index contributed by atoms with van der Waals surface area (Å²) in [5.41, 5.74) is 0. The van der Waals surface area contributed by atoms with Gasteiger partial charge in [-0.25, -0.2) is 0 Å². The van der Waals surface area contributed by atoms with Crippen LogP contribution in [0, 0.1) is 5.92 Å². The Bertz CT molecular complexity index is 360. The first kappa shape index (κ1) is 13.3. The summed E-state index contributed by atoms with van der Waals surface area (Å²) in [7, 11) is 0. The summed E-state index contributed by atoms with van der Waals surface area (Å²) in [5.74, 6) is 1.50. The van der Waals surface area contributed by atoms with Crippen molar-refractivity contribution in [1.29, 1.82) is 0 Å². The smallest absolute Gasteiger partial charge is 0.318 e. The molecule has 102 valence electrons. The van der Waals surface area contributed by atoms with Crippen LogP contribution < -0.4 is 10.2 Å². The van der Waals surface area contributed by atoms with Crippen LogP contribution in [0.2, 0.25) is 0 Å². The summed E-state index contributed by atoms with van der Waals surface area (Å²) in [5, 5.41) is 11.5. The van der Waals surface area contributed by atoms with E-state index < -0.39 is 0 Å². The number of aromatic nitrogens is 2. The molecular weight excluding hydrogens is 228 g/mol. The average Bonchev–Trinajstić information content (AvgIpc) is 3.05. The lowest BCUT2D eigenvalue weighted by molar-refractivity contribution is 0.448. The number of nitrogens with one attached hydrogen (secondary N) is 1. The Morgan fingerprint density at radius 3 is 2.78 bits per heavy atom. The van der Waals surface area contributed by atoms with Gasteiger partial charge in [-0.3, -0.25) is 0 Å². The molecular formula is C13H24N4O. The lowest BCUT2D eigenvalue weighted by Crippen LogP contribution is -2.33. The zero-order chi connectivity index (χ0) is 13.0. The van der Waals surface area contributed by atoms with Gasteiger partial charge >= 0.3 is 6.01 Å². The van der Waals surface area contributed by atoms with Gasteiger partial charge in [0.05, 0.1) is 6.54 Å². The molecule has 2 rings (SSSR count). The zero-order valence-electron chi connectivity index (χ0n) is 11.6. The maximum absolute atomic E-state index is 5.72. The van der Waals surface area contributed by atoms with Gasteiger partial charge in [-0.05, 0) is 45.6 Å². The monoisotopic (exact) mass is 252 g/mol. The second kappa shape index (κ2) is 6.18. The lowest BCUT2D eigenvalue weighted by Gasteiger charge is -2.24. The maximum Gasteiger partial charge on any atom is 0.318 e. The Hall–Kier alpha value is -1.10. The molecule has 1 aliphatic rings. The summed E-state index contributed by atoms with van der Waals surface area (Å²) < 4.78 is 5.72. The fraction of sp³-hybridized carbons (Fsp3) is 0.846. The third-order valence-corrected chi connectivity index (χ3v) is 3.18. The number of nitrogens with zero attached hydrogens (tertiary/aromatic N) is 3. The highest BCUT2D eigenvalue weighted by molar-refractivity contribution is 5.26. The van der Waals surface area contributed by atoms with E-state index in [-0.39, 0.29) is 0 Å². The molecule has 1 aromatic heterocycles. The molecule has 5 heteroatoms. The molecule has 1 saturated carbocycles. The number of hydrogen-bond donors (Lipinski definition) is 1. The number of anilines is 1. The molecule has 0 aliphatic heterocycles. The third-order valence-electron chi connectivity index (χ3n) is 3.18. The predicted octanol–water partition coefficient (Wildman–Crippen LogP) is 2.19. The van der Waals surface area contributed by atoms with E-state index in [1.807, 2.05) is 0 Å². The van der Waals surface area contributed by atoms with Crippen LogP contribution in [0.15, 0.2) is 4.42 Å². The van der Waals surface area contributed by atoms with Crippen molar-refractivity contribution in [2.24, 2.45) is 5.92 Å². The van der Waals surface area contributed by atoms with Gasteiger partial charge < -0.3 is 14.6 Å². The van der Waals surface area contributed by atoms with Crippen LogP contribution in [-0.2, 0) is 6.54 Å². The fourth-order valence-corrected chi connectivity index (χ4v) is 1.89. The fourth-order valence-electron chi connectivity index (χ4n) is 1.89. The van der Waals surface area contributed by atoms with Gasteiger partial charge in [-0.2, -0.15) is 0 Å². The maximum atomic E-state index is 5.72. The summed E-state index contributed by atoms with van der Waals surface area (Å²) in [6.07, 6.45) is 3.78. The van der Waals surface area contributed by atoms with Crippen LogP contribution in [0.1, 0.15) is 45.9 Å². The van der Waals surface area contributed by atoms with Gasteiger partial charge in [-0.15, -0.1) is 5.10 Å². The standard InChI is InChI=1S/C13H24N4O/c1-4-7-14-8-12-15-16-13(18-12)17(10(2)3)9-11-5-6-11/h10-11,14H,4-9H2,1-3H3. The van der Waals surface area contributed by atoms with E-state index in [0.717, 1.165) is 25.4 Å². The second-order valence-corrected chi connectivity index (χ2v) is 5.34. The van der Waals surface area contributed by atoms with Crippen LogP contribution in [0.4, 0.5) is 6.01 Å². The second-order valence-electron chi connectivity index (χ2n) is 5.34. The SMILES string of the molecule is CCCNCc1nnc(N(CC2CC2)C(C)C)o1. The normalized spacial score (nSPS) is 15.3. The first-order chi connectivity index (χ1) is 8.70. The van der Waals surface area contributed by atoms with Crippen LogP contribution in [0.3, 0.4) is 0 Å². The van der Waals surface area contributed by atoms with E-state index >= 15 is 0 Å². The van der Waals surface area contributed by atoms with E-state index in [4.69, 9.17) is 4.42 Å². The molecule has 0 bridgehead atoms. The topological polar surface area (TPSA) is 54.2 Å². The minimum absolute atomic E-state index is 0.405. The summed E-state index contributed by atoms with van der Waals surface area (Å²) >= 11 is 0. The van der Waals surface area contributed by atoms with Gasteiger partial charge in [0.1, 0.15) is 0 Å². The molecule has 1 fully saturated rings. The van der Waals surface area contributed by atoms with E-state index in [1.54, 1.807) is 0 Å². The molecule has 0 spiro atoms. The molecule has 5 nitrogen and oxygen atoms in total. The highest BCUT2D eigenvalue weighted by Gasteiger charge is 2.28. The Kier molecular flexibility index (Phi) is 4.58. The summed E-state index contributed by atoms with van der Waals surface area (Å²) in [6.45, 7) is 9.16. The van der Waals surface area contributed by atoms with Crippen molar-refractivity contribution >= 4 is 6.01 Å². The van der Waals surface area contributed by atoms with Gasteiger partial charge in [-0.1, -0.05) is 12.0 Å². The molecule has 1 heterocycles. The van der Waals surface area contributed by atoms with E-state index in [2.05, 4.69) is 41.2 Å². The van der Waals surface area contributed by atoms with E-state index in [9.17, 15) is 0 Å². The molecule has 0 amide bonds. The van der Waals surface area contributed by atoms with Crippen LogP contribution in [-0.4, -0.2) is 29.3 Å². The average molecular weight is 252 g/mol. The first-order valence-corrected chi connectivity index (χ1v) is 7.00. The molecule has 1 N–H and O–H groups in total. The molecule has 0 unspecified atom stereocenters. The first-order valence-electron chi connectivity index (χ1n) is 7.00. The molecule has 18 heavy (non-hydrogen) atoms. The van der Waals surface area contributed by atoms with Crippen LogP contribution >= 0.6 is 0 Å². The predicted molar refractivity (Wildman–Crippen MR) is 71.5 cm³/mol. The summed E-state index contributed by atoms with van der Waals surface area (Å²) in [6, 6.07) is 1.08. The van der Waals surface area contributed by atoms with Crippen molar-refractivity contribution in [2.45, 2.75) is 52.6 Å². The van der Waals surface area contributed by atoms with Crippen LogP contribution in [0.5, 0.6) is 0 Å². The van der Waals surface area contributed by atoms with Crippen LogP contribution in [0.25, 0.3) is 0 Å². The van der Waals surface area contributed by atoms with Gasteiger partial charge in [0, 0.05) is 12.6 Å². The number of hydrogen-bond acceptors (Lipinski definition) is 5. The molecule has 0 aromatic carbocycles. The quantitative estimate of drug-likeness (QED) is 0.719. The Balaban J connectivity index is 1.92. The van der Waals surface area contributed by atoms with E-state index in [0.29, 0.717) is 24.5 Å². The van der Waals surface area contributed by atoms with Crippen molar-refractivity contribution in [3.05, 3.63) is 5.89 Å². The van der Waals surface area contributed by atoms with Crippen molar-refractivity contribution in [2.75, 3.05) is 18.0 Å². The van der Waals surface area contributed by atoms with E-state index in [1.165, 1.54) is 12.8 Å². The highest BCUT2D eigenvalue weighted by Crippen LogP contribution is 2.31. The van der Waals surface area contributed by atoms with Crippen molar-refractivity contribution in [3.8, 4) is 0 Å².